The van der Waals surface area contributed by atoms with Crippen LogP contribution in [-0.4, -0.2) is 5.91 Å². The number of benzene rings is 5. The average Bonchev–Trinajstić information content (AvgIpc) is 2.95. The van der Waals surface area contributed by atoms with E-state index in [-0.39, 0.29) is 5.91 Å². The van der Waals surface area contributed by atoms with Gasteiger partial charge in [-0.05, 0) is 73.2 Å². The van der Waals surface area contributed by atoms with Crippen LogP contribution in [0.1, 0.15) is 18.9 Å². The van der Waals surface area contributed by atoms with Crippen molar-refractivity contribution in [2.24, 2.45) is 0 Å². The fourth-order valence-corrected chi connectivity index (χ4v) is 4.98. The number of hydrogen-bond donors (Lipinski definition) is 1. The fraction of sp³-hybridized carbons (Fsp3) is 0.0571. The Labute approximate surface area is 218 Å². The van der Waals surface area contributed by atoms with Crippen molar-refractivity contribution >= 4 is 43.8 Å². The summed E-state index contributed by atoms with van der Waals surface area (Å²) in [7, 11) is 0. The van der Waals surface area contributed by atoms with Crippen LogP contribution < -0.4 is 5.32 Å². The second-order valence-corrected chi connectivity index (χ2v) is 8.87. The number of carbonyl (C=O) groups excluding carboxylic acids is 1. The number of carbonyl (C=O) groups is 1. The van der Waals surface area contributed by atoms with Gasteiger partial charge in [0.1, 0.15) is 0 Å². The highest BCUT2D eigenvalue weighted by Gasteiger charge is 2.17. The van der Waals surface area contributed by atoms with Crippen LogP contribution in [0.5, 0.6) is 0 Å². The van der Waals surface area contributed by atoms with Gasteiger partial charge in [0, 0.05) is 6.20 Å². The van der Waals surface area contributed by atoms with E-state index in [2.05, 4.69) is 128 Å². The van der Waals surface area contributed by atoms with Gasteiger partial charge in [-0.25, -0.2) is 0 Å². The molecule has 5 aromatic rings. The summed E-state index contributed by atoms with van der Waals surface area (Å²) < 4.78 is 0. The van der Waals surface area contributed by atoms with Gasteiger partial charge >= 0.3 is 0 Å². The summed E-state index contributed by atoms with van der Waals surface area (Å²) in [6.45, 7) is 5.64. The van der Waals surface area contributed by atoms with Crippen LogP contribution in [0.4, 0.5) is 0 Å². The van der Waals surface area contributed by atoms with Crippen LogP contribution in [0.2, 0.25) is 0 Å². The second kappa shape index (κ2) is 10.9. The van der Waals surface area contributed by atoms with Gasteiger partial charge in [-0.1, -0.05) is 123 Å². The van der Waals surface area contributed by atoms with Crippen molar-refractivity contribution in [2.45, 2.75) is 13.3 Å². The van der Waals surface area contributed by atoms with Crippen molar-refractivity contribution in [2.75, 3.05) is 0 Å². The lowest BCUT2D eigenvalue weighted by Crippen LogP contribution is -2.12. The van der Waals surface area contributed by atoms with Gasteiger partial charge in [0.15, 0.2) is 0 Å². The van der Waals surface area contributed by atoms with Crippen LogP contribution >= 0.6 is 0 Å². The predicted molar refractivity (Wildman–Crippen MR) is 159 cm³/mol. The van der Waals surface area contributed by atoms with E-state index in [1.54, 1.807) is 6.20 Å². The molecule has 1 N–H and O–H groups in total. The summed E-state index contributed by atoms with van der Waals surface area (Å²) in [4.78, 5) is 11.6. The molecule has 0 unspecified atom stereocenters. The van der Waals surface area contributed by atoms with Crippen LogP contribution in [0, 0.1) is 0 Å². The molecule has 0 aliphatic rings. The Morgan fingerprint density at radius 3 is 2.03 bits per heavy atom. The molecule has 0 spiro atoms. The fourth-order valence-electron chi connectivity index (χ4n) is 4.98. The summed E-state index contributed by atoms with van der Waals surface area (Å²) >= 11 is 0. The van der Waals surface area contributed by atoms with Gasteiger partial charge in [0.05, 0.1) is 0 Å². The summed E-state index contributed by atoms with van der Waals surface area (Å²) in [6.07, 6.45) is 12.1. The maximum absolute atomic E-state index is 11.6. The molecule has 0 aliphatic heterocycles. The standard InChI is InChI=1S/C35H29NO/c1-3-5-14-26(17-13-24-36-33(37)4-2)34-29-19-8-10-21-31(29)35(32-22-11-9-20-30(32)34)28-23-12-16-25-15-6-7-18-27(25)28/h4-24H,2-3H2,1H3,(H,36,37). The molecule has 2 heteroatoms. The Bertz CT molecular complexity index is 1660. The van der Waals surface area contributed by atoms with Crippen LogP contribution in [0.15, 0.2) is 134 Å². The second-order valence-electron chi connectivity index (χ2n) is 8.87. The highest BCUT2D eigenvalue weighted by atomic mass is 16.1. The first kappa shape index (κ1) is 24.0. The van der Waals surface area contributed by atoms with E-state index < -0.39 is 0 Å². The lowest BCUT2D eigenvalue weighted by atomic mass is 9.84. The first-order valence-electron chi connectivity index (χ1n) is 12.6. The van der Waals surface area contributed by atoms with Gasteiger partial charge in [-0.2, -0.15) is 0 Å². The number of rotatable bonds is 7. The molecule has 5 aromatic carbocycles. The maximum Gasteiger partial charge on any atom is 0.247 e. The lowest BCUT2D eigenvalue weighted by molar-refractivity contribution is -0.115. The molecule has 5 rings (SSSR count). The molecule has 180 valence electrons. The zero-order valence-electron chi connectivity index (χ0n) is 20.9. The summed E-state index contributed by atoms with van der Waals surface area (Å²) in [5, 5.41) is 10.0. The molecule has 0 bridgehead atoms. The van der Waals surface area contributed by atoms with E-state index >= 15 is 0 Å². The van der Waals surface area contributed by atoms with Gasteiger partial charge in [-0.15, -0.1) is 0 Å². The Hall–Kier alpha value is -4.69. The van der Waals surface area contributed by atoms with Crippen molar-refractivity contribution in [1.29, 1.82) is 0 Å². The molecular weight excluding hydrogens is 450 g/mol. The van der Waals surface area contributed by atoms with Crippen LogP contribution in [0.3, 0.4) is 0 Å². The third-order valence-corrected chi connectivity index (χ3v) is 6.60. The van der Waals surface area contributed by atoms with Gasteiger partial charge in [0.2, 0.25) is 5.91 Å². The maximum atomic E-state index is 11.6. The van der Waals surface area contributed by atoms with Crippen molar-refractivity contribution in [1.82, 2.24) is 5.32 Å². The monoisotopic (exact) mass is 479 g/mol. The molecule has 0 fully saturated rings. The van der Waals surface area contributed by atoms with Crippen molar-refractivity contribution in [3.8, 4) is 11.1 Å². The number of allylic oxidation sites excluding steroid dienone is 5. The third-order valence-electron chi connectivity index (χ3n) is 6.60. The van der Waals surface area contributed by atoms with E-state index in [0.717, 1.165) is 12.0 Å². The van der Waals surface area contributed by atoms with E-state index in [1.807, 2.05) is 6.08 Å². The van der Waals surface area contributed by atoms with Gasteiger partial charge in [0.25, 0.3) is 0 Å². The molecule has 0 heterocycles. The Morgan fingerprint density at radius 2 is 1.38 bits per heavy atom. The van der Waals surface area contributed by atoms with Crippen LogP contribution in [-0.2, 0) is 4.79 Å². The van der Waals surface area contributed by atoms with E-state index in [4.69, 9.17) is 0 Å². The van der Waals surface area contributed by atoms with Crippen LogP contribution in [0.25, 0.3) is 49.0 Å². The summed E-state index contributed by atoms with van der Waals surface area (Å²) in [6, 6.07) is 32.4. The van der Waals surface area contributed by atoms with E-state index in [1.165, 1.54) is 55.1 Å². The number of fused-ring (bicyclic) bond motifs is 3. The number of hydrogen-bond acceptors (Lipinski definition) is 1. The minimum atomic E-state index is -0.231. The van der Waals surface area contributed by atoms with Crippen molar-refractivity contribution in [3.05, 3.63) is 140 Å². The normalized spacial score (nSPS) is 12.2. The smallest absolute Gasteiger partial charge is 0.247 e. The van der Waals surface area contributed by atoms with Gasteiger partial charge < -0.3 is 5.32 Å². The quantitative estimate of drug-likeness (QED) is 0.141. The third kappa shape index (κ3) is 4.74. The molecule has 37 heavy (non-hydrogen) atoms. The van der Waals surface area contributed by atoms with E-state index in [9.17, 15) is 4.79 Å². The predicted octanol–water partition coefficient (Wildman–Crippen LogP) is 8.98. The minimum absolute atomic E-state index is 0.231. The zero-order chi connectivity index (χ0) is 25.6. The summed E-state index contributed by atoms with van der Waals surface area (Å²) in [5.74, 6) is -0.231. The number of amides is 1. The molecule has 0 aliphatic carbocycles. The number of nitrogens with one attached hydrogen (secondary N) is 1. The van der Waals surface area contributed by atoms with Gasteiger partial charge in [-0.3, -0.25) is 4.79 Å². The molecule has 0 radical (unpaired) electrons. The van der Waals surface area contributed by atoms with Crippen molar-refractivity contribution < 1.29 is 4.79 Å². The lowest BCUT2D eigenvalue weighted by Gasteiger charge is -2.19. The molecule has 0 aromatic heterocycles. The Morgan fingerprint density at radius 1 is 0.784 bits per heavy atom. The van der Waals surface area contributed by atoms with Crippen molar-refractivity contribution in [3.63, 3.8) is 0 Å². The highest BCUT2D eigenvalue weighted by molar-refractivity contribution is 6.21. The molecule has 1 amide bonds. The SMILES string of the molecule is C=CC(=O)NC=CC=C(C=CCC)c1c2ccccc2c(-c2cccc3ccccc23)c2ccccc12. The minimum Gasteiger partial charge on any atom is -0.329 e. The largest absolute Gasteiger partial charge is 0.329 e. The molecule has 2 nitrogen and oxygen atoms in total. The summed E-state index contributed by atoms with van der Waals surface area (Å²) in [5.41, 5.74) is 4.75. The first-order valence-corrected chi connectivity index (χ1v) is 12.6. The zero-order valence-corrected chi connectivity index (χ0v) is 20.9. The highest BCUT2D eigenvalue weighted by Crippen LogP contribution is 2.43. The topological polar surface area (TPSA) is 29.1 Å². The molecular formula is C35H29NO. The average molecular weight is 480 g/mol. The molecule has 0 saturated heterocycles. The molecule has 0 atom stereocenters. The molecule has 0 saturated carbocycles. The first-order chi connectivity index (χ1) is 18.2. The Kier molecular flexibility index (Phi) is 7.09. The Balaban J connectivity index is 1.84. The van der Waals surface area contributed by atoms with E-state index in [0.29, 0.717) is 0 Å².